The fraction of sp³-hybridized carbons (Fsp3) is 0.333. The zero-order chi connectivity index (χ0) is 19.0. The van der Waals surface area contributed by atoms with Gasteiger partial charge >= 0.3 is 12.1 Å². The van der Waals surface area contributed by atoms with Crippen LogP contribution in [0, 0.1) is 5.92 Å². The maximum Gasteiger partial charge on any atom is 0.573 e. The van der Waals surface area contributed by atoms with Gasteiger partial charge in [-0.3, -0.25) is 4.57 Å². The van der Waals surface area contributed by atoms with E-state index in [2.05, 4.69) is 9.72 Å². The summed E-state index contributed by atoms with van der Waals surface area (Å²) in [5.41, 5.74) is 1.87. The van der Waals surface area contributed by atoms with E-state index in [0.29, 0.717) is 42.2 Å². The smallest absolute Gasteiger partial charge is 0.406 e. The van der Waals surface area contributed by atoms with E-state index in [1.54, 1.807) is 12.1 Å². The molecule has 1 aliphatic rings. The molecule has 142 valence electrons. The van der Waals surface area contributed by atoms with Crippen LogP contribution in [0.1, 0.15) is 6.42 Å². The second-order valence-corrected chi connectivity index (χ2v) is 6.30. The van der Waals surface area contributed by atoms with Crippen LogP contribution in [-0.4, -0.2) is 29.1 Å². The van der Waals surface area contributed by atoms with Crippen LogP contribution in [0.15, 0.2) is 45.6 Å². The maximum absolute atomic E-state index is 12.3. The van der Waals surface area contributed by atoms with Gasteiger partial charge in [-0.05, 0) is 42.8 Å². The molecule has 1 fully saturated rings. The average Bonchev–Trinajstić information content (AvgIpc) is 3.23. The standard InChI is InChI=1S/C18H15F3N2O4/c19-18(20,21)27-13-3-1-12(2-4-13)14-5-6-15-16(22-14)23(17(24)26-15)9-11-7-8-25-10-11/h1-6,11H,7-10H2. The Morgan fingerprint density at radius 1 is 1.19 bits per heavy atom. The first kappa shape index (κ1) is 17.6. The Morgan fingerprint density at radius 3 is 2.63 bits per heavy atom. The van der Waals surface area contributed by atoms with Crippen LogP contribution in [-0.2, 0) is 11.3 Å². The fourth-order valence-corrected chi connectivity index (χ4v) is 3.08. The normalized spacial score (nSPS) is 17.5. The SMILES string of the molecule is O=c1oc2ccc(-c3ccc(OC(F)(F)F)cc3)nc2n1CC1CCOC1. The topological polar surface area (TPSA) is 66.5 Å². The molecule has 1 aromatic carbocycles. The number of oxazole rings is 1. The molecule has 2 aromatic heterocycles. The monoisotopic (exact) mass is 380 g/mol. The van der Waals surface area contributed by atoms with Gasteiger partial charge in [-0.1, -0.05) is 0 Å². The van der Waals surface area contributed by atoms with Crippen molar-refractivity contribution in [3.05, 3.63) is 46.9 Å². The summed E-state index contributed by atoms with van der Waals surface area (Å²) in [5.74, 6) is -0.586. The van der Waals surface area contributed by atoms with Crippen molar-refractivity contribution >= 4 is 11.2 Å². The number of ether oxygens (including phenoxy) is 2. The predicted octanol–water partition coefficient (Wildman–Crippen LogP) is 3.59. The molecular weight excluding hydrogens is 365 g/mol. The molecule has 9 heteroatoms. The second kappa shape index (κ2) is 6.73. The van der Waals surface area contributed by atoms with E-state index < -0.39 is 12.1 Å². The highest BCUT2D eigenvalue weighted by Crippen LogP contribution is 2.27. The van der Waals surface area contributed by atoms with E-state index in [1.807, 2.05) is 0 Å². The first-order valence-electron chi connectivity index (χ1n) is 8.33. The third-order valence-corrected chi connectivity index (χ3v) is 4.36. The lowest BCUT2D eigenvalue weighted by Crippen LogP contribution is -2.20. The Kier molecular flexibility index (Phi) is 4.39. The van der Waals surface area contributed by atoms with E-state index in [1.165, 1.54) is 28.8 Å². The molecule has 0 saturated carbocycles. The minimum Gasteiger partial charge on any atom is -0.406 e. The Balaban J connectivity index is 1.65. The number of rotatable bonds is 4. The lowest BCUT2D eigenvalue weighted by Gasteiger charge is -2.09. The fourth-order valence-electron chi connectivity index (χ4n) is 3.08. The van der Waals surface area contributed by atoms with Gasteiger partial charge in [0.05, 0.1) is 12.3 Å². The summed E-state index contributed by atoms with van der Waals surface area (Å²) >= 11 is 0. The van der Waals surface area contributed by atoms with Gasteiger partial charge in [0.1, 0.15) is 5.75 Å². The van der Waals surface area contributed by atoms with Gasteiger partial charge in [0.25, 0.3) is 0 Å². The second-order valence-electron chi connectivity index (χ2n) is 6.30. The lowest BCUT2D eigenvalue weighted by molar-refractivity contribution is -0.274. The summed E-state index contributed by atoms with van der Waals surface area (Å²) in [6, 6.07) is 8.65. The Morgan fingerprint density at radius 2 is 1.96 bits per heavy atom. The minimum atomic E-state index is -4.74. The lowest BCUT2D eigenvalue weighted by atomic mass is 10.1. The number of hydrogen-bond donors (Lipinski definition) is 0. The van der Waals surface area contributed by atoms with Crippen molar-refractivity contribution in [2.24, 2.45) is 5.92 Å². The van der Waals surface area contributed by atoms with Crippen LogP contribution in [0.2, 0.25) is 0 Å². The molecule has 3 heterocycles. The van der Waals surface area contributed by atoms with Crippen molar-refractivity contribution in [3.63, 3.8) is 0 Å². The molecule has 0 N–H and O–H groups in total. The number of pyridine rings is 1. The largest absolute Gasteiger partial charge is 0.573 e. The molecule has 1 atom stereocenters. The van der Waals surface area contributed by atoms with E-state index >= 15 is 0 Å². The Bertz CT molecular complexity index is 1000. The Hall–Kier alpha value is -2.81. The third kappa shape index (κ3) is 3.82. The molecule has 0 amide bonds. The van der Waals surface area contributed by atoms with Crippen molar-refractivity contribution in [3.8, 4) is 17.0 Å². The number of nitrogens with zero attached hydrogens (tertiary/aromatic N) is 2. The van der Waals surface area contributed by atoms with Gasteiger partial charge in [0.15, 0.2) is 11.2 Å². The summed E-state index contributed by atoms with van der Waals surface area (Å²) in [6.07, 6.45) is -3.88. The predicted molar refractivity (Wildman–Crippen MR) is 89.3 cm³/mol. The zero-order valence-corrected chi connectivity index (χ0v) is 14.0. The van der Waals surface area contributed by atoms with Crippen LogP contribution in [0.4, 0.5) is 13.2 Å². The maximum atomic E-state index is 12.3. The zero-order valence-electron chi connectivity index (χ0n) is 14.0. The molecule has 0 radical (unpaired) electrons. The molecule has 0 bridgehead atoms. The number of aromatic nitrogens is 2. The molecule has 1 unspecified atom stereocenters. The summed E-state index contributed by atoms with van der Waals surface area (Å²) < 4.78 is 52.7. The van der Waals surface area contributed by atoms with Crippen LogP contribution in [0.25, 0.3) is 22.5 Å². The highest BCUT2D eigenvalue weighted by Gasteiger charge is 2.31. The first-order valence-corrected chi connectivity index (χ1v) is 8.33. The molecular formula is C18H15F3N2O4. The molecule has 0 aliphatic carbocycles. The molecule has 4 rings (SSSR count). The van der Waals surface area contributed by atoms with Crippen molar-refractivity contribution < 1.29 is 27.1 Å². The van der Waals surface area contributed by atoms with Crippen LogP contribution in [0.5, 0.6) is 5.75 Å². The molecule has 3 aromatic rings. The van der Waals surface area contributed by atoms with Crippen LogP contribution >= 0.6 is 0 Å². The summed E-state index contributed by atoms with van der Waals surface area (Å²) in [7, 11) is 0. The highest BCUT2D eigenvalue weighted by atomic mass is 19.4. The van der Waals surface area contributed by atoms with Gasteiger partial charge in [0, 0.05) is 24.6 Å². The third-order valence-electron chi connectivity index (χ3n) is 4.36. The Labute approximate surface area is 151 Å². The number of halogens is 3. The molecule has 1 aliphatic heterocycles. The molecule has 6 nitrogen and oxygen atoms in total. The van der Waals surface area contributed by atoms with Gasteiger partial charge < -0.3 is 13.9 Å². The van der Waals surface area contributed by atoms with Crippen molar-refractivity contribution in [1.29, 1.82) is 0 Å². The van der Waals surface area contributed by atoms with Gasteiger partial charge in [-0.15, -0.1) is 13.2 Å². The van der Waals surface area contributed by atoms with Crippen molar-refractivity contribution in [1.82, 2.24) is 9.55 Å². The highest BCUT2D eigenvalue weighted by molar-refractivity contribution is 5.73. The minimum absolute atomic E-state index is 0.216. The number of fused-ring (bicyclic) bond motifs is 1. The van der Waals surface area contributed by atoms with E-state index in [9.17, 15) is 18.0 Å². The number of benzene rings is 1. The number of hydrogen-bond acceptors (Lipinski definition) is 5. The van der Waals surface area contributed by atoms with E-state index in [4.69, 9.17) is 9.15 Å². The van der Waals surface area contributed by atoms with Gasteiger partial charge in [0.2, 0.25) is 0 Å². The van der Waals surface area contributed by atoms with E-state index in [-0.39, 0.29) is 11.7 Å². The summed E-state index contributed by atoms with van der Waals surface area (Å²) in [6.45, 7) is 1.69. The number of alkyl halides is 3. The summed E-state index contributed by atoms with van der Waals surface area (Å²) in [5, 5.41) is 0. The average molecular weight is 380 g/mol. The van der Waals surface area contributed by atoms with Crippen molar-refractivity contribution in [2.45, 2.75) is 19.3 Å². The van der Waals surface area contributed by atoms with Gasteiger partial charge in [-0.2, -0.15) is 0 Å². The van der Waals surface area contributed by atoms with Gasteiger partial charge in [-0.25, -0.2) is 9.78 Å². The van der Waals surface area contributed by atoms with E-state index in [0.717, 1.165) is 6.42 Å². The first-order chi connectivity index (χ1) is 12.9. The van der Waals surface area contributed by atoms with Crippen molar-refractivity contribution in [2.75, 3.05) is 13.2 Å². The quantitative estimate of drug-likeness (QED) is 0.692. The van der Waals surface area contributed by atoms with Crippen LogP contribution in [0.3, 0.4) is 0 Å². The molecule has 1 saturated heterocycles. The summed E-state index contributed by atoms with van der Waals surface area (Å²) in [4.78, 5) is 16.6. The molecule has 0 spiro atoms. The van der Waals surface area contributed by atoms with Crippen LogP contribution < -0.4 is 10.5 Å². The molecule has 27 heavy (non-hydrogen) atoms.